The second kappa shape index (κ2) is 22.9. The molecule has 4 atom stereocenters. The number of rotatable bonds is 11. The van der Waals surface area contributed by atoms with Gasteiger partial charge in [-0.15, -0.1) is 10.2 Å². The number of thiocarbonyl (C=S) groups is 1. The first kappa shape index (κ1) is 52.4. The number of fused-ring (bicyclic) bond motifs is 6. The van der Waals surface area contributed by atoms with Gasteiger partial charge < -0.3 is 55.5 Å². The predicted molar refractivity (Wildman–Crippen MR) is 283 cm³/mol. The summed E-state index contributed by atoms with van der Waals surface area (Å²) in [6.45, 7) is 14.7. The molecule has 20 nitrogen and oxygen atoms in total. The zero-order chi connectivity index (χ0) is 51.9. The minimum absolute atomic E-state index is 0.0987. The van der Waals surface area contributed by atoms with E-state index in [-0.39, 0.29) is 56.2 Å². The Morgan fingerprint density at radius 1 is 0.658 bits per heavy atom. The Balaban J connectivity index is 0.000000174. The van der Waals surface area contributed by atoms with Gasteiger partial charge in [0.15, 0.2) is 28.4 Å². The smallest absolute Gasteiger partial charge is 0.319 e. The topological polar surface area (TPSA) is 234 Å². The van der Waals surface area contributed by atoms with Crippen molar-refractivity contribution in [3.8, 4) is 22.8 Å². The number of carboxylic acids is 1. The van der Waals surface area contributed by atoms with Gasteiger partial charge in [-0.2, -0.15) is 0 Å². The van der Waals surface area contributed by atoms with Crippen LogP contribution in [0.15, 0.2) is 85.2 Å². The van der Waals surface area contributed by atoms with Crippen LogP contribution >= 0.6 is 12.2 Å². The number of hydrogen-bond donors (Lipinski definition) is 6. The molecule has 8 heterocycles. The van der Waals surface area contributed by atoms with E-state index >= 15 is 0 Å². The number of carbonyl (C=O) groups is 3. The lowest BCUT2D eigenvalue weighted by molar-refractivity contribution is -0.152. The van der Waals surface area contributed by atoms with E-state index in [2.05, 4.69) is 42.2 Å². The van der Waals surface area contributed by atoms with Crippen molar-refractivity contribution in [1.29, 1.82) is 0 Å². The van der Waals surface area contributed by atoms with Crippen LogP contribution in [0, 0.1) is 10.8 Å². The molecule has 0 unspecified atom stereocenters. The fraction of sp³-hybridized carbons (Fsp3) is 0.462. The fourth-order valence-electron chi connectivity index (χ4n) is 8.57. The molecule has 2 aromatic carbocycles. The van der Waals surface area contributed by atoms with Crippen LogP contribution in [0.3, 0.4) is 0 Å². The largest absolute Gasteiger partial charge is 0.481 e. The van der Waals surface area contributed by atoms with Gasteiger partial charge in [-0.25, -0.2) is 23.8 Å². The molecule has 10 rings (SSSR count). The van der Waals surface area contributed by atoms with Crippen molar-refractivity contribution in [2.24, 2.45) is 10.8 Å². The number of carboxylic acid groups (broad SMARTS) is 1. The highest BCUT2D eigenvalue weighted by Crippen LogP contribution is 2.34. The highest BCUT2D eigenvalue weighted by atomic mass is 32.1. The number of aliphatic hydroxyl groups excluding tert-OH is 1. The molecule has 6 aromatic rings. The zero-order valence-corrected chi connectivity index (χ0v) is 43.0. The van der Waals surface area contributed by atoms with Crippen LogP contribution in [-0.4, -0.2) is 139 Å². The van der Waals surface area contributed by atoms with Gasteiger partial charge in [0.25, 0.3) is 0 Å². The van der Waals surface area contributed by atoms with Gasteiger partial charge in [-0.1, -0.05) is 0 Å². The van der Waals surface area contributed by atoms with Crippen molar-refractivity contribution in [3.05, 3.63) is 85.2 Å². The first-order valence-corrected chi connectivity index (χ1v) is 25.1. The maximum atomic E-state index is 11.8. The van der Waals surface area contributed by atoms with E-state index in [1.807, 2.05) is 109 Å². The number of ether oxygens (including phenoxy) is 3. The summed E-state index contributed by atoms with van der Waals surface area (Å²) in [5, 5.41) is 38.4. The highest BCUT2D eigenvalue weighted by Gasteiger charge is 2.36. The number of anilines is 4. The van der Waals surface area contributed by atoms with E-state index < -0.39 is 16.8 Å². The monoisotopic (exact) mass is 1020 g/mol. The van der Waals surface area contributed by atoms with Gasteiger partial charge in [0.2, 0.25) is 0 Å². The maximum Gasteiger partial charge on any atom is 0.319 e. The van der Waals surface area contributed by atoms with E-state index in [9.17, 15) is 14.4 Å². The summed E-state index contributed by atoms with van der Waals surface area (Å²) in [4.78, 5) is 48.1. The number of nitrogens with one attached hydrogen (secondary N) is 4. The van der Waals surface area contributed by atoms with Gasteiger partial charge in [-0.05, 0) is 152 Å². The third-order valence-corrected chi connectivity index (χ3v) is 12.7. The Labute approximate surface area is 429 Å². The average Bonchev–Trinajstić information content (AvgIpc) is 4.19. The molecule has 0 saturated carbocycles. The number of aromatic nitrogens is 6. The predicted octanol–water partition coefficient (Wildman–Crippen LogP) is 6.63. The van der Waals surface area contributed by atoms with Crippen molar-refractivity contribution in [1.82, 2.24) is 39.8 Å². The Hall–Kier alpha value is -6.94. The standard InChI is InChI=1S/C26H32N6O3S.C21H24N6O3.C5H10O2/c1-26(2,3)24(33)34-14-12-27-25(36)28-18-8-6-17(7-9-18)22-29-23(21-5-4-13-32(21)30-22)31-15-19-10-11-20(16-31)35-19;28-11-9-22-21(29)23-15-5-3-14(4-6-15)19-24-20(18-2-1-10-27(18)25-19)26-12-16-7-8-17(13-26)30-16;1-5(2,3)4(6)7/h4-9,13,19-20H,10-12,14-16H2,1-3H3,(H2,27,28,36);1-6,10,16-17,28H,7-9,11-13H2,(H2,22,23,29);1-3H3,(H,6,7)/t19-,20+;16-,17+;. The van der Waals surface area contributed by atoms with Crippen LogP contribution in [0.5, 0.6) is 0 Å². The molecular weight excluding hydrogens is 953 g/mol. The number of nitrogens with zero attached hydrogens (tertiary/aromatic N) is 8. The van der Waals surface area contributed by atoms with Crippen LogP contribution in [0.1, 0.15) is 67.2 Å². The van der Waals surface area contributed by atoms with E-state index in [0.29, 0.717) is 29.0 Å². The van der Waals surface area contributed by atoms with Crippen LogP contribution in [0.25, 0.3) is 33.8 Å². The van der Waals surface area contributed by atoms with Crippen LogP contribution in [0.2, 0.25) is 0 Å². The molecule has 4 fully saturated rings. The lowest BCUT2D eigenvalue weighted by Gasteiger charge is -2.33. The van der Waals surface area contributed by atoms with E-state index in [4.69, 9.17) is 51.7 Å². The minimum atomic E-state index is -0.757. The number of hydrogen-bond acceptors (Lipinski definition) is 14. The third-order valence-electron chi connectivity index (χ3n) is 12.5. The average molecular weight is 1020 g/mol. The molecule has 4 saturated heterocycles. The normalized spacial score (nSPS) is 19.1. The Morgan fingerprint density at radius 2 is 1.10 bits per heavy atom. The number of benzene rings is 2. The summed E-state index contributed by atoms with van der Waals surface area (Å²) >= 11 is 5.36. The highest BCUT2D eigenvalue weighted by molar-refractivity contribution is 7.80. The summed E-state index contributed by atoms with van der Waals surface area (Å²) in [5.41, 5.74) is 4.17. The third kappa shape index (κ3) is 13.6. The minimum Gasteiger partial charge on any atom is -0.481 e. The first-order chi connectivity index (χ1) is 34.9. The molecule has 0 spiro atoms. The van der Waals surface area contributed by atoms with E-state index in [0.717, 1.165) is 91.3 Å². The molecule has 388 valence electrons. The number of aliphatic hydroxyl groups is 1. The Morgan fingerprint density at radius 3 is 1.51 bits per heavy atom. The molecule has 21 heteroatoms. The van der Waals surface area contributed by atoms with Gasteiger partial charge >= 0.3 is 18.0 Å². The van der Waals surface area contributed by atoms with E-state index in [1.165, 1.54) is 0 Å². The van der Waals surface area contributed by atoms with Gasteiger partial charge in [0.05, 0.1) is 48.4 Å². The Bertz CT molecular complexity index is 2860. The molecule has 0 radical (unpaired) electrons. The molecule has 4 aliphatic rings. The number of urea groups is 1. The van der Waals surface area contributed by atoms with Crippen molar-refractivity contribution >= 4 is 69.3 Å². The Kier molecular flexibility index (Phi) is 16.4. The van der Waals surface area contributed by atoms with Crippen LogP contribution in [0.4, 0.5) is 27.8 Å². The van der Waals surface area contributed by atoms with Crippen LogP contribution < -0.4 is 31.1 Å². The lowest BCUT2D eigenvalue weighted by Crippen LogP contribution is -2.43. The summed E-state index contributed by atoms with van der Waals surface area (Å²) in [7, 11) is 0. The molecule has 0 aliphatic carbocycles. The van der Waals surface area contributed by atoms with E-state index in [1.54, 1.807) is 20.8 Å². The summed E-state index contributed by atoms with van der Waals surface area (Å²) in [6.07, 6.45) is 9.45. The van der Waals surface area contributed by atoms with Gasteiger partial charge in [0, 0.05) is 67.6 Å². The zero-order valence-electron chi connectivity index (χ0n) is 42.2. The molecule has 4 aromatic heterocycles. The van der Waals surface area contributed by atoms with Crippen molar-refractivity contribution in [3.63, 3.8) is 0 Å². The summed E-state index contributed by atoms with van der Waals surface area (Å²) in [6, 6.07) is 23.0. The number of morpholine rings is 2. The molecule has 73 heavy (non-hydrogen) atoms. The molecule has 4 bridgehead atoms. The number of aliphatic carboxylic acids is 1. The van der Waals surface area contributed by atoms with Gasteiger partial charge in [-0.3, -0.25) is 9.59 Å². The molecule has 6 N–H and O–H groups in total. The summed E-state index contributed by atoms with van der Waals surface area (Å²) in [5.74, 6) is 2.18. The second-order valence-corrected chi connectivity index (χ2v) is 20.9. The van der Waals surface area contributed by atoms with Crippen molar-refractivity contribution in [2.75, 3.05) is 72.9 Å². The van der Waals surface area contributed by atoms with Crippen LogP contribution in [-0.2, 0) is 23.8 Å². The number of amides is 2. The maximum absolute atomic E-state index is 11.8. The fourth-order valence-corrected chi connectivity index (χ4v) is 8.79. The number of esters is 1. The SMILES string of the molecule is CC(C)(C)C(=O)O.CC(C)(C)C(=O)OCCNC(=S)Nc1ccc(-c2nc(N3C[C@H]4CC[C@@H](C3)O4)c3cccn3n2)cc1.O=C(NCCO)Nc1ccc(-c2nc(N3C[C@H]4CC[C@@H](C3)O4)c3cccn3n2)cc1. The molecule has 2 amide bonds. The quantitative estimate of drug-likeness (QED) is 0.0454. The molecule has 4 aliphatic heterocycles. The van der Waals surface area contributed by atoms with Crippen molar-refractivity contribution < 1.29 is 38.8 Å². The van der Waals surface area contributed by atoms with Crippen molar-refractivity contribution in [2.45, 2.75) is 91.6 Å². The second-order valence-electron chi connectivity index (χ2n) is 20.5. The first-order valence-electron chi connectivity index (χ1n) is 24.7. The lowest BCUT2D eigenvalue weighted by atomic mass is 9.97. The summed E-state index contributed by atoms with van der Waals surface area (Å²) < 4.78 is 21.0. The van der Waals surface area contributed by atoms with Gasteiger partial charge in [0.1, 0.15) is 17.6 Å². The number of carbonyl (C=O) groups excluding carboxylic acids is 2. The molecular formula is C52H66N12O8S.